The van der Waals surface area contributed by atoms with Crippen LogP contribution in [-0.4, -0.2) is 22.8 Å². The van der Waals surface area contributed by atoms with Gasteiger partial charge in [-0.15, -0.1) is 21.5 Å². The predicted octanol–water partition coefficient (Wildman–Crippen LogP) is 4.35. The molecule has 110 valence electrons. The summed E-state index contributed by atoms with van der Waals surface area (Å²) in [5.41, 5.74) is 1.22. The van der Waals surface area contributed by atoms with E-state index in [1.54, 1.807) is 22.7 Å². The fraction of sp³-hybridized carbons (Fsp3) is 0.375. The average molecular weight is 317 g/mol. The molecule has 1 N–H and O–H groups in total. The number of aromatic nitrogens is 2. The third-order valence-corrected chi connectivity index (χ3v) is 5.28. The average Bonchev–Trinajstić information content (AvgIpc) is 3.09. The van der Waals surface area contributed by atoms with Crippen LogP contribution in [0.2, 0.25) is 0 Å². The van der Waals surface area contributed by atoms with E-state index in [-0.39, 0.29) is 0 Å². The van der Waals surface area contributed by atoms with Crippen LogP contribution in [0.15, 0.2) is 29.6 Å². The van der Waals surface area contributed by atoms with Gasteiger partial charge in [0, 0.05) is 33.5 Å². The molecule has 1 aromatic carbocycles. The van der Waals surface area contributed by atoms with Crippen molar-refractivity contribution in [1.29, 1.82) is 0 Å². The minimum Gasteiger partial charge on any atom is -0.315 e. The number of nitrogens with zero attached hydrogens (tertiary/aromatic N) is 2. The molecular formula is C16H19N3S2. The van der Waals surface area contributed by atoms with E-state index < -0.39 is 0 Å². The molecule has 0 unspecified atom stereocenters. The van der Waals surface area contributed by atoms with Gasteiger partial charge in [-0.05, 0) is 19.0 Å². The highest BCUT2D eigenvalue weighted by Crippen LogP contribution is 2.35. The summed E-state index contributed by atoms with van der Waals surface area (Å²) in [4.78, 5) is 0. The molecule has 0 aliphatic rings. The molecule has 0 saturated carbocycles. The van der Waals surface area contributed by atoms with E-state index in [0.29, 0.717) is 6.04 Å². The van der Waals surface area contributed by atoms with E-state index in [4.69, 9.17) is 0 Å². The van der Waals surface area contributed by atoms with Crippen LogP contribution >= 0.6 is 22.7 Å². The molecule has 0 saturated heterocycles. The summed E-state index contributed by atoms with van der Waals surface area (Å²) in [5, 5.41) is 17.8. The molecule has 0 amide bonds. The van der Waals surface area contributed by atoms with Crippen molar-refractivity contribution in [2.75, 3.05) is 6.54 Å². The minimum absolute atomic E-state index is 0.548. The first-order valence-electron chi connectivity index (χ1n) is 7.26. The molecule has 0 atom stereocenters. The van der Waals surface area contributed by atoms with Crippen LogP contribution in [0, 0.1) is 0 Å². The monoisotopic (exact) mass is 317 g/mol. The van der Waals surface area contributed by atoms with Crippen LogP contribution in [0.4, 0.5) is 0 Å². The van der Waals surface area contributed by atoms with Gasteiger partial charge in [-0.1, -0.05) is 43.4 Å². The molecule has 0 fully saturated rings. The highest BCUT2D eigenvalue weighted by atomic mass is 32.1. The second-order valence-corrected chi connectivity index (χ2v) is 7.33. The van der Waals surface area contributed by atoms with Crippen LogP contribution in [0.3, 0.4) is 0 Å². The van der Waals surface area contributed by atoms with Gasteiger partial charge < -0.3 is 5.32 Å². The molecule has 0 aliphatic carbocycles. The molecule has 2 heterocycles. The predicted molar refractivity (Wildman–Crippen MR) is 92.2 cm³/mol. The SMILES string of the molecule is CC(C)NCCCc1nnc(-c2csc3ccccc23)s1. The van der Waals surface area contributed by atoms with E-state index in [1.807, 2.05) is 0 Å². The van der Waals surface area contributed by atoms with Gasteiger partial charge in [0.25, 0.3) is 0 Å². The van der Waals surface area contributed by atoms with Crippen LogP contribution in [0.1, 0.15) is 25.3 Å². The molecule has 2 aromatic heterocycles. The molecule has 0 aliphatic heterocycles. The number of rotatable bonds is 6. The standard InChI is InChI=1S/C16H19N3S2/c1-11(2)17-9-5-8-15-18-19-16(21-15)13-10-20-14-7-4-3-6-12(13)14/h3-4,6-7,10-11,17H,5,8-9H2,1-2H3. The number of thiophene rings is 1. The highest BCUT2D eigenvalue weighted by molar-refractivity contribution is 7.19. The summed E-state index contributed by atoms with van der Waals surface area (Å²) in [6.45, 7) is 5.38. The molecule has 0 bridgehead atoms. The Bertz CT molecular complexity index is 715. The van der Waals surface area contributed by atoms with Gasteiger partial charge in [0.15, 0.2) is 0 Å². The van der Waals surface area contributed by atoms with Gasteiger partial charge in [-0.3, -0.25) is 0 Å². The Morgan fingerprint density at radius 1 is 1.19 bits per heavy atom. The van der Waals surface area contributed by atoms with Crippen LogP contribution in [0.25, 0.3) is 20.7 Å². The first-order chi connectivity index (χ1) is 10.2. The van der Waals surface area contributed by atoms with E-state index in [9.17, 15) is 0 Å². The van der Waals surface area contributed by atoms with E-state index in [0.717, 1.165) is 29.4 Å². The Balaban J connectivity index is 1.70. The maximum atomic E-state index is 4.38. The zero-order chi connectivity index (χ0) is 14.7. The number of benzene rings is 1. The Kier molecular flexibility index (Phi) is 4.63. The van der Waals surface area contributed by atoms with Gasteiger partial charge >= 0.3 is 0 Å². The number of fused-ring (bicyclic) bond motifs is 1. The molecule has 5 heteroatoms. The third kappa shape index (κ3) is 3.48. The summed E-state index contributed by atoms with van der Waals surface area (Å²) in [5.74, 6) is 0. The van der Waals surface area contributed by atoms with Crippen molar-refractivity contribution in [3.8, 4) is 10.6 Å². The summed E-state index contributed by atoms with van der Waals surface area (Å²) in [7, 11) is 0. The first kappa shape index (κ1) is 14.6. The Morgan fingerprint density at radius 2 is 2.05 bits per heavy atom. The van der Waals surface area contributed by atoms with Crippen LogP contribution < -0.4 is 5.32 Å². The molecule has 21 heavy (non-hydrogen) atoms. The Hall–Kier alpha value is -1.30. The second kappa shape index (κ2) is 6.64. The molecule has 3 nitrogen and oxygen atoms in total. The van der Waals surface area contributed by atoms with Crippen molar-refractivity contribution in [2.45, 2.75) is 32.7 Å². The number of aryl methyl sites for hydroxylation is 1. The van der Waals surface area contributed by atoms with Crippen LogP contribution in [-0.2, 0) is 6.42 Å². The number of hydrogen-bond acceptors (Lipinski definition) is 5. The third-order valence-electron chi connectivity index (χ3n) is 3.30. The van der Waals surface area contributed by atoms with Crippen molar-refractivity contribution < 1.29 is 0 Å². The number of hydrogen-bond donors (Lipinski definition) is 1. The fourth-order valence-electron chi connectivity index (χ4n) is 2.24. The smallest absolute Gasteiger partial charge is 0.149 e. The topological polar surface area (TPSA) is 37.8 Å². The lowest BCUT2D eigenvalue weighted by molar-refractivity contribution is 0.569. The van der Waals surface area contributed by atoms with Crippen molar-refractivity contribution in [2.24, 2.45) is 0 Å². The summed E-state index contributed by atoms with van der Waals surface area (Å²) >= 11 is 3.49. The van der Waals surface area contributed by atoms with Gasteiger partial charge in [0.1, 0.15) is 10.0 Å². The molecule has 0 spiro atoms. The van der Waals surface area contributed by atoms with Gasteiger partial charge in [0.05, 0.1) is 0 Å². The van der Waals surface area contributed by atoms with E-state index in [1.165, 1.54) is 15.6 Å². The van der Waals surface area contributed by atoms with Gasteiger partial charge in [-0.25, -0.2) is 0 Å². The second-order valence-electron chi connectivity index (χ2n) is 5.36. The molecular weight excluding hydrogens is 298 g/mol. The van der Waals surface area contributed by atoms with E-state index in [2.05, 4.69) is 59.0 Å². The summed E-state index contributed by atoms with van der Waals surface area (Å²) in [6.07, 6.45) is 2.11. The molecule has 0 radical (unpaired) electrons. The first-order valence-corrected chi connectivity index (χ1v) is 8.96. The summed E-state index contributed by atoms with van der Waals surface area (Å²) < 4.78 is 1.31. The zero-order valence-electron chi connectivity index (χ0n) is 12.3. The fourth-order valence-corrected chi connectivity index (χ4v) is 4.17. The van der Waals surface area contributed by atoms with Crippen molar-refractivity contribution >= 4 is 32.8 Å². The van der Waals surface area contributed by atoms with Gasteiger partial charge in [0.2, 0.25) is 0 Å². The van der Waals surface area contributed by atoms with Crippen molar-refractivity contribution in [1.82, 2.24) is 15.5 Å². The lowest BCUT2D eigenvalue weighted by Crippen LogP contribution is -2.23. The quantitative estimate of drug-likeness (QED) is 0.687. The number of nitrogens with one attached hydrogen (secondary N) is 1. The minimum atomic E-state index is 0.548. The zero-order valence-corrected chi connectivity index (χ0v) is 13.9. The Labute approximate surface area is 133 Å². The van der Waals surface area contributed by atoms with Crippen molar-refractivity contribution in [3.63, 3.8) is 0 Å². The lowest BCUT2D eigenvalue weighted by atomic mass is 10.2. The normalized spacial score (nSPS) is 11.6. The highest BCUT2D eigenvalue weighted by Gasteiger charge is 2.11. The molecule has 3 rings (SSSR count). The maximum Gasteiger partial charge on any atom is 0.149 e. The van der Waals surface area contributed by atoms with Gasteiger partial charge in [-0.2, -0.15) is 0 Å². The molecule has 3 aromatic rings. The van der Waals surface area contributed by atoms with Crippen molar-refractivity contribution in [3.05, 3.63) is 34.7 Å². The largest absolute Gasteiger partial charge is 0.315 e. The van der Waals surface area contributed by atoms with E-state index >= 15 is 0 Å². The summed E-state index contributed by atoms with van der Waals surface area (Å²) in [6, 6.07) is 9.03. The Morgan fingerprint density at radius 3 is 2.90 bits per heavy atom. The maximum absolute atomic E-state index is 4.38. The lowest BCUT2D eigenvalue weighted by Gasteiger charge is -2.05. The van der Waals surface area contributed by atoms with Crippen LogP contribution in [0.5, 0.6) is 0 Å².